The van der Waals surface area contributed by atoms with Crippen LogP contribution in [0.25, 0.3) is 0 Å². The summed E-state index contributed by atoms with van der Waals surface area (Å²) in [6.07, 6.45) is 1.84. The molecule has 2 nitrogen and oxygen atoms in total. The van der Waals surface area contributed by atoms with Crippen LogP contribution in [0.5, 0.6) is 0 Å². The van der Waals surface area contributed by atoms with E-state index in [4.69, 9.17) is 0 Å². The van der Waals surface area contributed by atoms with E-state index in [0.717, 1.165) is 17.9 Å². The van der Waals surface area contributed by atoms with Crippen LogP contribution in [0.3, 0.4) is 0 Å². The van der Waals surface area contributed by atoms with Crippen LogP contribution in [0.2, 0.25) is 0 Å². The van der Waals surface area contributed by atoms with Crippen molar-refractivity contribution in [1.82, 2.24) is 4.98 Å². The fourth-order valence-electron chi connectivity index (χ4n) is 1.73. The second kappa shape index (κ2) is 4.88. The number of hydrogen-bond donors (Lipinski definition) is 1. The van der Waals surface area contributed by atoms with Crippen molar-refractivity contribution in [2.45, 2.75) is 26.2 Å². The molecule has 0 saturated carbocycles. The quantitative estimate of drug-likeness (QED) is 0.886. The van der Waals surface area contributed by atoms with Gasteiger partial charge in [-0.15, -0.1) is 11.3 Å². The molecule has 0 atom stereocenters. The highest BCUT2D eigenvalue weighted by Crippen LogP contribution is 2.27. The molecule has 3 heteroatoms. The van der Waals surface area contributed by atoms with E-state index in [1.165, 1.54) is 4.88 Å². The van der Waals surface area contributed by atoms with E-state index in [2.05, 4.69) is 47.7 Å². The lowest BCUT2D eigenvalue weighted by atomic mass is 9.91. The molecular formula is C14H18N2S. The second-order valence-corrected chi connectivity index (χ2v) is 5.85. The summed E-state index contributed by atoms with van der Waals surface area (Å²) in [5.41, 5.74) is 2.34. The molecule has 0 aromatic carbocycles. The van der Waals surface area contributed by atoms with Gasteiger partial charge in [0.25, 0.3) is 0 Å². The molecule has 0 aliphatic heterocycles. The number of aromatic nitrogens is 1. The van der Waals surface area contributed by atoms with Crippen molar-refractivity contribution < 1.29 is 0 Å². The number of hydrogen-bond acceptors (Lipinski definition) is 3. The Balaban J connectivity index is 2.03. The predicted molar refractivity (Wildman–Crippen MR) is 74.8 cm³/mol. The van der Waals surface area contributed by atoms with Gasteiger partial charge < -0.3 is 5.32 Å². The minimum absolute atomic E-state index is 0.158. The minimum Gasteiger partial charge on any atom is -0.384 e. The monoisotopic (exact) mass is 246 g/mol. The van der Waals surface area contributed by atoms with E-state index >= 15 is 0 Å². The molecule has 2 rings (SSSR count). The Bertz CT molecular complexity index is 475. The zero-order chi connectivity index (χ0) is 12.3. The van der Waals surface area contributed by atoms with Crippen molar-refractivity contribution in [2.75, 3.05) is 11.9 Å². The lowest BCUT2D eigenvalue weighted by molar-refractivity contribution is 0.569. The Kier molecular flexibility index (Phi) is 3.48. The van der Waals surface area contributed by atoms with Crippen LogP contribution in [0.4, 0.5) is 5.69 Å². The normalized spacial score (nSPS) is 11.5. The van der Waals surface area contributed by atoms with Crippen LogP contribution in [-0.2, 0) is 5.41 Å². The molecule has 17 heavy (non-hydrogen) atoms. The van der Waals surface area contributed by atoms with Crippen LogP contribution in [0.15, 0.2) is 35.8 Å². The van der Waals surface area contributed by atoms with Crippen LogP contribution in [0.1, 0.15) is 24.4 Å². The van der Waals surface area contributed by atoms with E-state index in [1.807, 2.05) is 30.5 Å². The first-order valence-electron chi connectivity index (χ1n) is 5.78. The van der Waals surface area contributed by atoms with E-state index in [0.29, 0.717) is 0 Å². The first-order chi connectivity index (χ1) is 8.08. The van der Waals surface area contributed by atoms with E-state index in [-0.39, 0.29) is 5.41 Å². The smallest absolute Gasteiger partial charge is 0.0393 e. The first kappa shape index (κ1) is 12.1. The average Bonchev–Trinajstić information content (AvgIpc) is 2.81. The molecule has 90 valence electrons. The summed E-state index contributed by atoms with van der Waals surface area (Å²) in [6, 6.07) is 8.39. The number of rotatable bonds is 4. The summed E-state index contributed by atoms with van der Waals surface area (Å²) in [5, 5.41) is 5.61. The zero-order valence-corrected chi connectivity index (χ0v) is 11.3. The minimum atomic E-state index is 0.158. The maximum Gasteiger partial charge on any atom is 0.0393 e. The Morgan fingerprint density at radius 2 is 2.18 bits per heavy atom. The Hall–Kier alpha value is -1.35. The average molecular weight is 246 g/mol. The number of pyridine rings is 1. The summed E-state index contributed by atoms with van der Waals surface area (Å²) in [5.74, 6) is 0. The van der Waals surface area contributed by atoms with Gasteiger partial charge in [0.15, 0.2) is 0 Å². The van der Waals surface area contributed by atoms with Gasteiger partial charge in [0, 0.05) is 34.4 Å². The van der Waals surface area contributed by atoms with Crippen LogP contribution in [0, 0.1) is 6.92 Å². The van der Waals surface area contributed by atoms with Crippen LogP contribution in [-0.4, -0.2) is 11.5 Å². The van der Waals surface area contributed by atoms with Crippen LogP contribution >= 0.6 is 11.3 Å². The van der Waals surface area contributed by atoms with E-state index < -0.39 is 0 Å². The van der Waals surface area contributed by atoms with Gasteiger partial charge in [-0.05, 0) is 30.5 Å². The third kappa shape index (κ3) is 3.07. The summed E-state index contributed by atoms with van der Waals surface area (Å²) >= 11 is 1.82. The maximum absolute atomic E-state index is 4.20. The van der Waals surface area contributed by atoms with Crippen molar-refractivity contribution in [3.05, 3.63) is 46.4 Å². The van der Waals surface area contributed by atoms with Crippen molar-refractivity contribution in [3.8, 4) is 0 Å². The SMILES string of the molecule is Cc1cc(NCC(C)(C)c2cccs2)ccn1. The van der Waals surface area contributed by atoms with E-state index in [9.17, 15) is 0 Å². The van der Waals surface area contributed by atoms with Gasteiger partial charge in [-0.3, -0.25) is 4.98 Å². The predicted octanol–water partition coefficient (Wildman–Crippen LogP) is 3.84. The molecule has 0 aliphatic carbocycles. The Morgan fingerprint density at radius 1 is 1.35 bits per heavy atom. The summed E-state index contributed by atoms with van der Waals surface area (Å²) < 4.78 is 0. The summed E-state index contributed by atoms with van der Waals surface area (Å²) in [6.45, 7) is 7.46. The topological polar surface area (TPSA) is 24.9 Å². The molecular weight excluding hydrogens is 228 g/mol. The number of thiophene rings is 1. The van der Waals surface area contributed by atoms with Crippen molar-refractivity contribution in [1.29, 1.82) is 0 Å². The number of aryl methyl sites for hydroxylation is 1. The molecule has 1 N–H and O–H groups in total. The van der Waals surface area contributed by atoms with Crippen molar-refractivity contribution in [3.63, 3.8) is 0 Å². The molecule has 0 bridgehead atoms. The molecule has 2 aromatic rings. The number of nitrogens with zero attached hydrogens (tertiary/aromatic N) is 1. The van der Waals surface area contributed by atoms with Gasteiger partial charge in [-0.1, -0.05) is 19.9 Å². The lowest BCUT2D eigenvalue weighted by Crippen LogP contribution is -2.26. The van der Waals surface area contributed by atoms with Crippen molar-refractivity contribution in [2.24, 2.45) is 0 Å². The van der Waals surface area contributed by atoms with Crippen molar-refractivity contribution >= 4 is 17.0 Å². The van der Waals surface area contributed by atoms with Crippen LogP contribution < -0.4 is 5.32 Å². The maximum atomic E-state index is 4.20. The standard InChI is InChI=1S/C14H18N2S/c1-11-9-12(6-7-15-11)16-10-14(2,3)13-5-4-8-17-13/h4-9H,10H2,1-3H3,(H,15,16). The van der Waals surface area contributed by atoms with E-state index in [1.54, 1.807) is 0 Å². The molecule has 0 fully saturated rings. The highest BCUT2D eigenvalue weighted by molar-refractivity contribution is 7.10. The molecule has 0 spiro atoms. The molecule has 0 saturated heterocycles. The van der Waals surface area contributed by atoms with Gasteiger partial charge in [0.05, 0.1) is 0 Å². The third-order valence-electron chi connectivity index (χ3n) is 2.82. The van der Waals surface area contributed by atoms with Gasteiger partial charge in [-0.2, -0.15) is 0 Å². The molecule has 2 heterocycles. The number of nitrogens with one attached hydrogen (secondary N) is 1. The largest absolute Gasteiger partial charge is 0.384 e. The van der Waals surface area contributed by atoms with Gasteiger partial charge in [0.2, 0.25) is 0 Å². The van der Waals surface area contributed by atoms with Gasteiger partial charge in [-0.25, -0.2) is 0 Å². The third-order valence-corrected chi connectivity index (χ3v) is 4.06. The van der Waals surface area contributed by atoms with Gasteiger partial charge >= 0.3 is 0 Å². The lowest BCUT2D eigenvalue weighted by Gasteiger charge is -2.24. The summed E-state index contributed by atoms with van der Waals surface area (Å²) in [7, 11) is 0. The Morgan fingerprint density at radius 3 is 2.82 bits per heavy atom. The molecule has 0 unspecified atom stereocenters. The highest BCUT2D eigenvalue weighted by Gasteiger charge is 2.21. The molecule has 0 radical (unpaired) electrons. The molecule has 0 amide bonds. The number of anilines is 1. The molecule has 0 aliphatic rings. The Labute approximate surface area is 107 Å². The van der Waals surface area contributed by atoms with Gasteiger partial charge in [0.1, 0.15) is 0 Å². The second-order valence-electron chi connectivity index (χ2n) is 4.90. The fraction of sp³-hybridized carbons (Fsp3) is 0.357. The molecule has 2 aromatic heterocycles. The fourth-order valence-corrected chi connectivity index (χ4v) is 2.58. The zero-order valence-electron chi connectivity index (χ0n) is 10.5. The highest BCUT2D eigenvalue weighted by atomic mass is 32.1. The first-order valence-corrected chi connectivity index (χ1v) is 6.66. The summed E-state index contributed by atoms with van der Waals surface area (Å²) in [4.78, 5) is 5.61.